The fourth-order valence-corrected chi connectivity index (χ4v) is 4.02. The number of hydrogen-bond donors (Lipinski definition) is 3. The molecule has 0 unspecified atom stereocenters. The van der Waals surface area contributed by atoms with Crippen molar-refractivity contribution in [2.24, 2.45) is 0 Å². The zero-order valence-corrected chi connectivity index (χ0v) is 17.9. The van der Waals surface area contributed by atoms with E-state index in [0.29, 0.717) is 11.4 Å². The first-order chi connectivity index (χ1) is 14.9. The Balaban J connectivity index is 1.71. The van der Waals surface area contributed by atoms with E-state index in [4.69, 9.17) is 9.92 Å². The molecule has 3 aromatic carbocycles. The average Bonchev–Trinajstić information content (AvgIpc) is 2.74. The Hall–Kier alpha value is -3.71. The number of rotatable bonds is 6. The first-order valence-electron chi connectivity index (χ1n) is 9.66. The number of anilines is 2. The number of ketones is 2. The van der Waals surface area contributed by atoms with Crippen molar-refractivity contribution >= 4 is 35.2 Å². The fourth-order valence-electron chi connectivity index (χ4n) is 3.49. The molecule has 0 spiro atoms. The van der Waals surface area contributed by atoms with Gasteiger partial charge in [-0.3, -0.25) is 14.3 Å². The molecular weight excluding hydrogens is 410 g/mol. The summed E-state index contributed by atoms with van der Waals surface area (Å²) in [7, 11) is 0. The maximum atomic E-state index is 13.3. The normalized spacial score (nSPS) is 13.1. The predicted octanol–water partition coefficient (Wildman–Crippen LogP) is 4.82. The number of Topliss-reactive ketones (excluding diaryl/α,β-unsaturated/α-hetero) is 2. The van der Waals surface area contributed by atoms with Gasteiger partial charge in [-0.1, -0.05) is 36.4 Å². The first-order valence-corrected chi connectivity index (χ1v) is 10.4. The monoisotopic (exact) mass is 431 g/mol. The molecule has 7 heteroatoms. The Morgan fingerprint density at radius 1 is 0.839 bits per heavy atom. The van der Waals surface area contributed by atoms with Gasteiger partial charge in [-0.05, 0) is 55.3 Å². The lowest BCUT2D eigenvalue weighted by Crippen LogP contribution is -2.32. The number of carbonyl (C=O) groups excluding carboxylic acids is 2. The van der Waals surface area contributed by atoms with Gasteiger partial charge in [0, 0.05) is 16.9 Å². The summed E-state index contributed by atoms with van der Waals surface area (Å²) in [6.07, 6.45) is 0. The molecule has 6 nitrogen and oxygen atoms in total. The quantitative estimate of drug-likeness (QED) is 0.293. The molecule has 0 bridgehead atoms. The maximum Gasteiger partial charge on any atom is 0.214 e. The first kappa shape index (κ1) is 20.6. The van der Waals surface area contributed by atoms with Crippen LogP contribution < -0.4 is 20.0 Å². The van der Waals surface area contributed by atoms with Crippen molar-refractivity contribution in [2.75, 3.05) is 11.1 Å². The van der Waals surface area contributed by atoms with E-state index in [9.17, 15) is 9.59 Å². The fraction of sp³-hybridized carbons (Fsp3) is 0.0833. The van der Waals surface area contributed by atoms with E-state index in [-0.39, 0.29) is 39.8 Å². The van der Waals surface area contributed by atoms with Gasteiger partial charge >= 0.3 is 0 Å². The molecular formula is C24H21N3O3S. The summed E-state index contributed by atoms with van der Waals surface area (Å²) in [5.74, 6) is -0.0773. The van der Waals surface area contributed by atoms with Gasteiger partial charge in [0.2, 0.25) is 11.6 Å². The van der Waals surface area contributed by atoms with Gasteiger partial charge in [-0.25, -0.2) is 0 Å². The molecule has 1 aliphatic rings. The van der Waals surface area contributed by atoms with E-state index in [1.54, 1.807) is 30.3 Å². The molecule has 0 radical (unpaired) electrons. The van der Waals surface area contributed by atoms with E-state index >= 15 is 0 Å². The Morgan fingerprint density at radius 2 is 1.55 bits per heavy atom. The second-order valence-corrected chi connectivity index (χ2v) is 7.80. The van der Waals surface area contributed by atoms with Crippen molar-refractivity contribution in [1.29, 1.82) is 0 Å². The Labute approximate surface area is 184 Å². The smallest absolute Gasteiger partial charge is 0.214 e. The van der Waals surface area contributed by atoms with E-state index in [1.807, 2.05) is 50.2 Å². The van der Waals surface area contributed by atoms with Crippen LogP contribution in [0.25, 0.3) is 0 Å². The van der Waals surface area contributed by atoms with Crippen molar-refractivity contribution in [2.45, 2.75) is 13.8 Å². The lowest BCUT2D eigenvalue weighted by Gasteiger charge is -2.23. The summed E-state index contributed by atoms with van der Waals surface area (Å²) in [5.41, 5.74) is 9.80. The maximum absolute atomic E-state index is 13.3. The van der Waals surface area contributed by atoms with Gasteiger partial charge in [0.15, 0.2) is 12.2 Å². The van der Waals surface area contributed by atoms with Crippen LogP contribution in [0.4, 0.5) is 11.4 Å². The minimum atomic E-state index is -0.372. The second-order valence-electron chi connectivity index (χ2n) is 7.26. The molecule has 0 atom stereocenters. The summed E-state index contributed by atoms with van der Waals surface area (Å²) in [5, 5.41) is 3.14. The van der Waals surface area contributed by atoms with Crippen LogP contribution in [0.3, 0.4) is 0 Å². The third-order valence-electron chi connectivity index (χ3n) is 4.79. The zero-order valence-electron chi connectivity index (χ0n) is 17.1. The molecule has 0 saturated heterocycles. The van der Waals surface area contributed by atoms with Crippen LogP contribution in [-0.2, 0) is 0 Å². The van der Waals surface area contributed by atoms with Gasteiger partial charge in [0.05, 0.1) is 5.56 Å². The van der Waals surface area contributed by atoms with Gasteiger partial charge in [0.1, 0.15) is 17.1 Å². The largest absolute Gasteiger partial charge is 0.405 e. The van der Waals surface area contributed by atoms with Crippen molar-refractivity contribution in [3.8, 4) is 5.75 Å². The standard InChI is InChI=1S/C24H21N3O3S/c1-14-11-15(2)13-16(12-14)26-21-22(27-31-30-17-7-4-3-5-8-17)24(29)20-18(23(21)28)9-6-10-19(20)25/h3-13,26-27H,25H2,1-2H3. The van der Waals surface area contributed by atoms with Crippen LogP contribution in [0, 0.1) is 13.8 Å². The molecule has 0 aliphatic heterocycles. The zero-order chi connectivity index (χ0) is 22.0. The number of para-hydroxylation sites is 1. The number of nitrogen functional groups attached to an aromatic ring is 1. The SMILES string of the molecule is Cc1cc(C)cc(NC2=C(NSOc3ccccc3)C(=O)c3c(N)cccc3C2=O)c1. The third-order valence-corrected chi connectivity index (χ3v) is 5.35. The lowest BCUT2D eigenvalue weighted by atomic mass is 9.89. The molecule has 156 valence electrons. The molecule has 0 aromatic heterocycles. The summed E-state index contributed by atoms with van der Waals surface area (Å²) in [6, 6.07) is 19.9. The van der Waals surface area contributed by atoms with Crippen molar-refractivity contribution in [1.82, 2.24) is 4.72 Å². The molecule has 0 saturated carbocycles. The number of fused-ring (bicyclic) bond motifs is 1. The highest BCUT2D eigenvalue weighted by atomic mass is 32.2. The van der Waals surface area contributed by atoms with Gasteiger partial charge in [-0.15, -0.1) is 0 Å². The third kappa shape index (κ3) is 4.27. The Morgan fingerprint density at radius 3 is 2.26 bits per heavy atom. The highest BCUT2D eigenvalue weighted by Crippen LogP contribution is 2.31. The van der Waals surface area contributed by atoms with E-state index in [0.717, 1.165) is 23.4 Å². The number of carbonyl (C=O) groups is 2. The van der Waals surface area contributed by atoms with Gasteiger partial charge < -0.3 is 15.2 Å². The average molecular weight is 432 g/mol. The molecule has 0 heterocycles. The van der Waals surface area contributed by atoms with Crippen molar-refractivity contribution in [3.63, 3.8) is 0 Å². The molecule has 1 aliphatic carbocycles. The highest BCUT2D eigenvalue weighted by molar-refractivity contribution is 7.93. The summed E-state index contributed by atoms with van der Waals surface area (Å²) in [4.78, 5) is 26.6. The van der Waals surface area contributed by atoms with E-state index < -0.39 is 0 Å². The van der Waals surface area contributed by atoms with Crippen LogP contribution in [-0.4, -0.2) is 11.6 Å². The highest BCUT2D eigenvalue weighted by Gasteiger charge is 2.34. The van der Waals surface area contributed by atoms with Gasteiger partial charge in [0.25, 0.3) is 0 Å². The number of aryl methyl sites for hydroxylation is 2. The minimum absolute atomic E-state index is 0.0930. The molecule has 0 amide bonds. The van der Waals surface area contributed by atoms with Gasteiger partial charge in [-0.2, -0.15) is 0 Å². The molecule has 4 N–H and O–H groups in total. The lowest BCUT2D eigenvalue weighted by molar-refractivity contribution is 0.0973. The Bertz CT molecular complexity index is 1190. The molecule has 0 fully saturated rings. The van der Waals surface area contributed by atoms with E-state index in [2.05, 4.69) is 10.0 Å². The second kappa shape index (κ2) is 8.57. The topological polar surface area (TPSA) is 93.4 Å². The number of nitrogens with two attached hydrogens (primary N) is 1. The van der Waals surface area contributed by atoms with Crippen molar-refractivity contribution in [3.05, 3.63) is 100 Å². The predicted molar refractivity (Wildman–Crippen MR) is 124 cm³/mol. The van der Waals surface area contributed by atoms with Crippen molar-refractivity contribution < 1.29 is 13.8 Å². The number of allylic oxidation sites excluding steroid dienone is 2. The van der Waals surface area contributed by atoms with Crippen LogP contribution in [0.2, 0.25) is 0 Å². The number of nitrogens with one attached hydrogen (secondary N) is 2. The number of hydrogen-bond acceptors (Lipinski definition) is 7. The molecule has 3 aromatic rings. The van der Waals surface area contributed by atoms with Crippen LogP contribution >= 0.6 is 12.2 Å². The van der Waals surface area contributed by atoms with E-state index in [1.165, 1.54) is 0 Å². The summed E-state index contributed by atoms with van der Waals surface area (Å²) in [6.45, 7) is 3.94. The molecule has 4 rings (SSSR count). The summed E-state index contributed by atoms with van der Waals surface area (Å²) < 4.78 is 8.50. The number of benzene rings is 3. The molecule has 31 heavy (non-hydrogen) atoms. The van der Waals surface area contributed by atoms with Crippen LogP contribution in [0.1, 0.15) is 31.8 Å². The van der Waals surface area contributed by atoms with Crippen LogP contribution in [0.15, 0.2) is 78.1 Å². The Kier molecular flexibility index (Phi) is 5.68. The van der Waals surface area contributed by atoms with Crippen LogP contribution in [0.5, 0.6) is 5.75 Å². The summed E-state index contributed by atoms with van der Waals surface area (Å²) >= 11 is 0.858. The minimum Gasteiger partial charge on any atom is -0.405 e.